The Labute approximate surface area is 353 Å². The van der Waals surface area contributed by atoms with Gasteiger partial charge in [-0.2, -0.15) is 5.23 Å². The van der Waals surface area contributed by atoms with Gasteiger partial charge in [0, 0.05) is 44.1 Å². The fourth-order valence-corrected chi connectivity index (χ4v) is 6.81. The summed E-state index contributed by atoms with van der Waals surface area (Å²) < 4.78 is 0. The number of rotatable bonds is 18. The lowest BCUT2D eigenvalue weighted by atomic mass is 9.93. The predicted molar refractivity (Wildman–Crippen MR) is 219 cm³/mol. The van der Waals surface area contributed by atoms with Gasteiger partial charge in [-0.3, -0.25) is 28.8 Å². The van der Waals surface area contributed by atoms with Crippen LogP contribution in [0.2, 0.25) is 0 Å². The van der Waals surface area contributed by atoms with Gasteiger partial charge in [-0.15, -0.1) is 0 Å². The van der Waals surface area contributed by atoms with Crippen molar-refractivity contribution in [1.82, 2.24) is 31.1 Å². The van der Waals surface area contributed by atoms with Gasteiger partial charge in [0.15, 0.2) is 5.75 Å². The number of amides is 6. The fraction of sp³-hybridized carbons (Fsp3) is 0.537. The minimum absolute atomic E-state index is 0.0122. The summed E-state index contributed by atoms with van der Waals surface area (Å²) in [6.07, 6.45) is 5.52. The smallest absolute Gasteiger partial charge is 0.326 e. The van der Waals surface area contributed by atoms with Crippen LogP contribution < -0.4 is 26.5 Å². The summed E-state index contributed by atoms with van der Waals surface area (Å²) in [4.78, 5) is 93.8. The van der Waals surface area contributed by atoms with Gasteiger partial charge >= 0.3 is 5.97 Å². The lowest BCUT2D eigenvalue weighted by Crippen LogP contribution is -2.99. The Kier molecular flexibility index (Phi) is 18.4. The molecule has 0 saturated heterocycles. The number of carbonyl (C=O) groups is 7. The van der Waals surface area contributed by atoms with Crippen molar-refractivity contribution in [2.75, 3.05) is 27.2 Å². The maximum atomic E-state index is 13.9. The summed E-state index contributed by atoms with van der Waals surface area (Å²) >= 11 is 0. The minimum Gasteiger partial charge on any atom is -0.595 e. The molecule has 3 rings (SSSR count). The number of phenols is 2. The highest BCUT2D eigenvalue weighted by molar-refractivity contribution is 5.96. The van der Waals surface area contributed by atoms with Gasteiger partial charge in [-0.25, -0.2) is 10.0 Å². The first-order valence-electron chi connectivity index (χ1n) is 20.1. The molecule has 6 atom stereocenters. The third-order valence-electron chi connectivity index (χ3n) is 10.5. The van der Waals surface area contributed by atoms with E-state index in [2.05, 4.69) is 35.1 Å². The quantitative estimate of drug-likeness (QED) is 0.0542. The number of hydrogen-bond donors (Lipinski definition) is 10. The molecule has 6 amide bonds. The van der Waals surface area contributed by atoms with E-state index in [1.807, 2.05) is 0 Å². The number of aliphatic hydroxyl groups is 1. The summed E-state index contributed by atoms with van der Waals surface area (Å²) in [5, 5.41) is 71.7. The summed E-state index contributed by atoms with van der Waals surface area (Å²) in [6.45, 7) is 5.49. The van der Waals surface area contributed by atoms with Gasteiger partial charge < -0.3 is 56.7 Å². The van der Waals surface area contributed by atoms with E-state index < -0.39 is 108 Å². The molecule has 0 spiro atoms. The summed E-state index contributed by atoms with van der Waals surface area (Å²) in [7, 11) is 2.59. The van der Waals surface area contributed by atoms with Gasteiger partial charge in [0.1, 0.15) is 36.0 Å². The van der Waals surface area contributed by atoms with Crippen molar-refractivity contribution < 1.29 is 64.4 Å². The molecule has 0 fully saturated rings. The molecule has 1 aliphatic heterocycles. The van der Waals surface area contributed by atoms with Crippen LogP contribution in [0.5, 0.6) is 11.5 Å². The van der Waals surface area contributed by atoms with Crippen molar-refractivity contribution in [3.05, 3.63) is 46.7 Å². The zero-order chi connectivity index (χ0) is 45.7. The third-order valence-corrected chi connectivity index (χ3v) is 10.5. The highest BCUT2D eigenvalue weighted by atomic mass is 16.8. The van der Waals surface area contributed by atoms with Crippen molar-refractivity contribution in [2.45, 2.75) is 109 Å². The van der Waals surface area contributed by atoms with E-state index in [0.29, 0.717) is 12.3 Å². The zero-order valence-corrected chi connectivity index (χ0v) is 35.3. The highest BCUT2D eigenvalue weighted by Gasteiger charge is 2.34. The molecular formula is C41H59N7O13. The second-order valence-electron chi connectivity index (χ2n) is 15.7. The molecule has 4 bridgehead atoms. The maximum Gasteiger partial charge on any atom is 0.326 e. The van der Waals surface area contributed by atoms with E-state index in [0.717, 1.165) is 54.0 Å². The van der Waals surface area contributed by atoms with Gasteiger partial charge in [0.2, 0.25) is 41.1 Å². The standard InChI is InChI=1S/C41H59N7O13/c1-22(2)12-10-8-7-9-11-13-33(51)46(5)31(21-49)39(56)43-23(3)37(54)42-20-34(52)47(6)35-26-14-15-32(50)27(19-26)28-16-25(18-30(36(28)53)48(60)61)17-29(41(58)59)45-38(55)24(4)44-40(35)57/h14-16,18-19,22-24,29,31,35,48-50,53,60H,7-13,17,20-21H2,1-6H3,(H,42,54)(H,43,56)(H,44,57)(H,45,55)(H,58,59)/t23-,24+,29-,31-,35-/m1/s1. The minimum atomic E-state index is -1.62. The molecule has 1 heterocycles. The largest absolute Gasteiger partial charge is 0.595 e. The van der Waals surface area contributed by atoms with E-state index >= 15 is 0 Å². The average molecular weight is 858 g/mol. The Morgan fingerprint density at radius 1 is 0.902 bits per heavy atom. The number of carbonyl (C=O) groups excluding carboxylic acids is 6. The first kappa shape index (κ1) is 49.5. The number of benzene rings is 2. The molecule has 1 aliphatic rings. The van der Waals surface area contributed by atoms with Crippen LogP contribution in [-0.2, 0) is 40.0 Å². The Bertz CT molecular complexity index is 1920. The fourth-order valence-electron chi connectivity index (χ4n) is 6.81. The first-order chi connectivity index (χ1) is 28.7. The van der Waals surface area contributed by atoms with E-state index in [-0.39, 0.29) is 34.6 Å². The Morgan fingerprint density at radius 2 is 1.56 bits per heavy atom. The molecule has 61 heavy (non-hydrogen) atoms. The zero-order valence-electron chi connectivity index (χ0n) is 35.3. The van der Waals surface area contributed by atoms with Gasteiger partial charge in [0.05, 0.1) is 13.2 Å². The summed E-state index contributed by atoms with van der Waals surface area (Å²) in [5.41, 5.74) is -1.01. The number of hydrogen-bond acceptors (Lipinski definition) is 12. The van der Waals surface area contributed by atoms with Crippen molar-refractivity contribution in [1.29, 1.82) is 0 Å². The lowest BCUT2D eigenvalue weighted by Gasteiger charge is -2.30. The van der Waals surface area contributed by atoms with Crippen LogP contribution >= 0.6 is 0 Å². The monoisotopic (exact) mass is 857 g/mol. The van der Waals surface area contributed by atoms with E-state index in [1.165, 1.54) is 46.1 Å². The van der Waals surface area contributed by atoms with Crippen LogP contribution in [0.3, 0.4) is 0 Å². The maximum absolute atomic E-state index is 13.9. The lowest BCUT2D eigenvalue weighted by molar-refractivity contribution is -0.991. The van der Waals surface area contributed by atoms with Crippen LogP contribution in [0.1, 0.15) is 89.8 Å². The summed E-state index contributed by atoms with van der Waals surface area (Å²) in [5.74, 6) is -6.86. The van der Waals surface area contributed by atoms with Crippen LogP contribution in [0.15, 0.2) is 30.3 Å². The number of aliphatic hydroxyl groups excluding tert-OH is 1. The molecule has 0 aromatic heterocycles. The van der Waals surface area contributed by atoms with Crippen LogP contribution in [0.25, 0.3) is 11.1 Å². The van der Waals surface area contributed by atoms with Crippen molar-refractivity contribution in [2.24, 2.45) is 5.92 Å². The number of nitrogens with one attached hydrogen (secondary N) is 5. The second kappa shape index (κ2) is 22.7. The molecule has 2 aromatic rings. The number of carboxylic acid groups (broad SMARTS) is 1. The predicted octanol–water partition coefficient (Wildman–Crippen LogP) is 0.125. The van der Waals surface area contributed by atoms with E-state index in [4.69, 9.17) is 0 Å². The van der Waals surface area contributed by atoms with Gasteiger partial charge in [0.25, 0.3) is 0 Å². The first-order valence-corrected chi connectivity index (χ1v) is 20.1. The summed E-state index contributed by atoms with van der Waals surface area (Å²) in [6, 6.07) is -1.25. The van der Waals surface area contributed by atoms with Crippen LogP contribution in [0, 0.1) is 11.1 Å². The topological polar surface area (TPSA) is 303 Å². The molecule has 336 valence electrons. The molecule has 1 unspecified atom stereocenters. The number of quaternary nitrogens is 1. The Balaban J connectivity index is 1.80. The molecule has 0 aliphatic carbocycles. The molecule has 10 N–H and O–H groups in total. The number of fused-ring (bicyclic) bond motifs is 5. The number of aliphatic carboxylic acids is 1. The number of nitrogens with zero attached hydrogens (tertiary/aromatic N) is 2. The van der Waals surface area contributed by atoms with Crippen LogP contribution in [0.4, 0.5) is 5.69 Å². The average Bonchev–Trinajstić information content (AvgIpc) is 3.19. The van der Waals surface area contributed by atoms with Crippen molar-refractivity contribution >= 4 is 47.1 Å². The van der Waals surface area contributed by atoms with Gasteiger partial charge in [-0.1, -0.05) is 52.0 Å². The molecule has 2 aromatic carbocycles. The van der Waals surface area contributed by atoms with Crippen molar-refractivity contribution in [3.8, 4) is 22.6 Å². The molecule has 20 nitrogen and oxygen atoms in total. The molecule has 20 heteroatoms. The Morgan fingerprint density at radius 3 is 2.18 bits per heavy atom. The van der Waals surface area contributed by atoms with E-state index in [9.17, 15) is 64.4 Å². The third kappa shape index (κ3) is 13.6. The number of aromatic hydroxyl groups is 2. The number of phenolic OH excluding ortho intramolecular Hbond substituents is 2. The number of unbranched alkanes of at least 4 members (excludes halogenated alkanes) is 4. The molecular weight excluding hydrogens is 798 g/mol. The Hall–Kier alpha value is -5.83. The van der Waals surface area contributed by atoms with Crippen LogP contribution in [-0.4, -0.2) is 128 Å². The number of carboxylic acids is 1. The van der Waals surface area contributed by atoms with E-state index in [1.54, 1.807) is 0 Å². The second-order valence-corrected chi connectivity index (χ2v) is 15.7. The normalized spacial score (nSPS) is 18.1. The van der Waals surface area contributed by atoms with Crippen molar-refractivity contribution in [3.63, 3.8) is 0 Å². The highest BCUT2D eigenvalue weighted by Crippen LogP contribution is 2.41. The van der Waals surface area contributed by atoms with Gasteiger partial charge in [-0.05, 0) is 55.5 Å². The SMILES string of the molecule is CC(C)CCCCCCCC(=O)N(C)[C@H](CO)C(=O)N[C@H](C)C(=O)NCC(=O)N(C)[C@H]1C(=O)N[C@@H](C)C(=O)N[C@@H](C(=O)O)Cc2cc(c(O)c([NH+]([O-])O)c2)-c2cc1ccc2O. The number of likely N-dealkylation sites (N-methyl/N-ethyl adjacent to an activating group) is 2. The molecule has 0 radical (unpaired) electrons. The molecule has 0 saturated carbocycles.